The number of hydrogen-bond acceptors (Lipinski definition) is 4. The van der Waals surface area contributed by atoms with E-state index in [1.807, 2.05) is 13.8 Å². The maximum Gasteiger partial charge on any atom is 0.300 e. The molecule has 7 nitrogen and oxygen atoms in total. The van der Waals surface area contributed by atoms with Crippen LogP contribution in [0.2, 0.25) is 5.02 Å². The normalized spacial score (nSPS) is 10.0. The molecule has 0 fully saturated rings. The first-order chi connectivity index (χ1) is 9.92. The molecule has 1 aromatic carbocycles. The van der Waals surface area contributed by atoms with Gasteiger partial charge in [-0.1, -0.05) is 17.7 Å². The quantitative estimate of drug-likeness (QED) is 0.640. The lowest BCUT2D eigenvalue weighted by Crippen LogP contribution is -2.40. The predicted molar refractivity (Wildman–Crippen MR) is 78.4 cm³/mol. The number of likely N-dealkylation sites (N-methyl/N-ethyl adjacent to an activating group) is 1. The zero-order chi connectivity index (χ0) is 16.0. The molecule has 1 aromatic rings. The SMILES string of the molecule is CCN(CC)C(=O)CNC(=O)c1cccc(Cl)c1[N+](=O)[O-]. The lowest BCUT2D eigenvalue weighted by molar-refractivity contribution is -0.385. The molecule has 0 radical (unpaired) electrons. The molecule has 114 valence electrons. The molecule has 0 unspecified atom stereocenters. The maximum absolute atomic E-state index is 12.0. The van der Waals surface area contributed by atoms with Gasteiger partial charge >= 0.3 is 5.69 Å². The van der Waals surface area contributed by atoms with Crippen LogP contribution in [0.4, 0.5) is 5.69 Å². The number of halogens is 1. The van der Waals surface area contributed by atoms with Crippen molar-refractivity contribution in [3.05, 3.63) is 38.9 Å². The van der Waals surface area contributed by atoms with E-state index >= 15 is 0 Å². The molecule has 8 heteroatoms. The van der Waals surface area contributed by atoms with Crippen LogP contribution < -0.4 is 5.32 Å². The summed E-state index contributed by atoms with van der Waals surface area (Å²) in [5, 5.41) is 13.2. The highest BCUT2D eigenvalue weighted by atomic mass is 35.5. The van der Waals surface area contributed by atoms with Crippen LogP contribution in [0.1, 0.15) is 24.2 Å². The van der Waals surface area contributed by atoms with E-state index in [9.17, 15) is 19.7 Å². The summed E-state index contributed by atoms with van der Waals surface area (Å²) in [5.74, 6) is -0.956. The number of hydrogen-bond donors (Lipinski definition) is 1. The molecule has 21 heavy (non-hydrogen) atoms. The third-order valence-electron chi connectivity index (χ3n) is 2.93. The Hall–Kier alpha value is -2.15. The van der Waals surface area contributed by atoms with Crippen molar-refractivity contribution in [3.8, 4) is 0 Å². The second-order valence-corrected chi connectivity index (χ2v) is 4.55. The first-order valence-corrected chi connectivity index (χ1v) is 6.79. The van der Waals surface area contributed by atoms with Gasteiger partial charge in [0.1, 0.15) is 10.6 Å². The summed E-state index contributed by atoms with van der Waals surface area (Å²) >= 11 is 5.73. The van der Waals surface area contributed by atoms with E-state index in [1.54, 1.807) is 4.90 Å². The smallest absolute Gasteiger partial charge is 0.300 e. The summed E-state index contributed by atoms with van der Waals surface area (Å²) in [6, 6.07) is 4.06. The van der Waals surface area contributed by atoms with Crippen molar-refractivity contribution in [1.82, 2.24) is 10.2 Å². The lowest BCUT2D eigenvalue weighted by Gasteiger charge is -2.18. The number of nitro groups is 1. The Labute approximate surface area is 127 Å². The van der Waals surface area contributed by atoms with Crippen LogP contribution in [0.15, 0.2) is 18.2 Å². The van der Waals surface area contributed by atoms with E-state index in [0.29, 0.717) is 13.1 Å². The van der Waals surface area contributed by atoms with E-state index in [4.69, 9.17) is 11.6 Å². The average Bonchev–Trinajstić information content (AvgIpc) is 2.45. The van der Waals surface area contributed by atoms with Gasteiger partial charge in [0.2, 0.25) is 5.91 Å². The van der Waals surface area contributed by atoms with Gasteiger partial charge in [0.05, 0.1) is 11.5 Å². The Morgan fingerprint density at radius 2 is 1.95 bits per heavy atom. The maximum atomic E-state index is 12.0. The standard InChI is InChI=1S/C13H16ClN3O4/c1-3-16(4-2)11(18)8-15-13(19)9-6-5-7-10(14)12(9)17(20)21/h5-7H,3-4,8H2,1-2H3,(H,15,19). The van der Waals surface area contributed by atoms with Gasteiger partial charge in [-0.25, -0.2) is 0 Å². The van der Waals surface area contributed by atoms with Crippen LogP contribution in [-0.2, 0) is 4.79 Å². The van der Waals surface area contributed by atoms with Crippen LogP contribution in [0.5, 0.6) is 0 Å². The van der Waals surface area contributed by atoms with Crippen molar-refractivity contribution in [2.75, 3.05) is 19.6 Å². The van der Waals surface area contributed by atoms with Crippen LogP contribution >= 0.6 is 11.6 Å². The van der Waals surface area contributed by atoms with Crippen molar-refractivity contribution in [2.24, 2.45) is 0 Å². The van der Waals surface area contributed by atoms with Gasteiger partial charge in [-0.2, -0.15) is 0 Å². The minimum atomic E-state index is -0.719. The number of benzene rings is 1. The van der Waals surface area contributed by atoms with E-state index in [-0.39, 0.29) is 23.0 Å². The molecule has 0 aliphatic heterocycles. The number of nitro benzene ring substituents is 1. The van der Waals surface area contributed by atoms with E-state index < -0.39 is 16.5 Å². The van der Waals surface area contributed by atoms with E-state index in [1.165, 1.54) is 18.2 Å². The highest BCUT2D eigenvalue weighted by Gasteiger charge is 2.24. The van der Waals surface area contributed by atoms with Gasteiger partial charge in [0.25, 0.3) is 5.91 Å². The van der Waals surface area contributed by atoms with E-state index in [0.717, 1.165) is 0 Å². The average molecular weight is 314 g/mol. The second kappa shape index (κ2) is 7.58. The zero-order valence-corrected chi connectivity index (χ0v) is 12.5. The van der Waals surface area contributed by atoms with Gasteiger partial charge in [-0.05, 0) is 26.0 Å². The number of amides is 2. The van der Waals surface area contributed by atoms with Gasteiger partial charge in [-0.15, -0.1) is 0 Å². The Balaban J connectivity index is 2.84. The predicted octanol–water partition coefficient (Wildman–Crippen LogP) is 1.85. The topological polar surface area (TPSA) is 92.6 Å². The zero-order valence-electron chi connectivity index (χ0n) is 11.8. The fourth-order valence-electron chi connectivity index (χ4n) is 1.82. The van der Waals surface area contributed by atoms with Crippen molar-refractivity contribution in [2.45, 2.75) is 13.8 Å². The molecular formula is C13H16ClN3O4. The van der Waals surface area contributed by atoms with Crippen molar-refractivity contribution < 1.29 is 14.5 Å². The lowest BCUT2D eigenvalue weighted by atomic mass is 10.1. The molecule has 0 saturated carbocycles. The Morgan fingerprint density at radius 1 is 1.33 bits per heavy atom. The molecule has 0 spiro atoms. The fourth-order valence-corrected chi connectivity index (χ4v) is 2.07. The van der Waals surface area contributed by atoms with E-state index in [2.05, 4.69) is 5.32 Å². The van der Waals surface area contributed by atoms with Crippen LogP contribution in [-0.4, -0.2) is 41.3 Å². The molecule has 0 aliphatic carbocycles. The van der Waals surface area contributed by atoms with Crippen LogP contribution in [0.3, 0.4) is 0 Å². The third kappa shape index (κ3) is 4.16. The molecule has 0 bridgehead atoms. The summed E-state index contributed by atoms with van der Waals surface area (Å²) in [4.78, 5) is 35.5. The summed E-state index contributed by atoms with van der Waals surface area (Å²) in [5.41, 5.74) is -0.633. The number of para-hydroxylation sites is 1. The molecule has 0 saturated heterocycles. The monoisotopic (exact) mass is 313 g/mol. The second-order valence-electron chi connectivity index (χ2n) is 4.14. The highest BCUT2D eigenvalue weighted by molar-refractivity contribution is 6.33. The Kier molecular flexibility index (Phi) is 6.10. The molecular weight excluding hydrogens is 298 g/mol. The van der Waals surface area contributed by atoms with Crippen molar-refractivity contribution in [3.63, 3.8) is 0 Å². The van der Waals surface area contributed by atoms with Gasteiger partial charge in [-0.3, -0.25) is 19.7 Å². The fraction of sp³-hybridized carbons (Fsp3) is 0.385. The van der Waals surface area contributed by atoms with Crippen LogP contribution in [0, 0.1) is 10.1 Å². The van der Waals surface area contributed by atoms with Gasteiger partial charge in [0, 0.05) is 13.1 Å². The largest absolute Gasteiger partial charge is 0.343 e. The van der Waals surface area contributed by atoms with Crippen molar-refractivity contribution >= 4 is 29.1 Å². The number of nitrogens with zero attached hydrogens (tertiary/aromatic N) is 2. The first kappa shape index (κ1) is 16.9. The molecule has 2 amide bonds. The molecule has 0 atom stereocenters. The van der Waals surface area contributed by atoms with Gasteiger partial charge in [0.15, 0.2) is 0 Å². The summed E-state index contributed by atoms with van der Waals surface area (Å²) in [6.45, 7) is 4.49. The Bertz CT molecular complexity index is 558. The molecule has 0 heterocycles. The molecule has 1 N–H and O–H groups in total. The number of carbonyl (C=O) groups is 2. The summed E-state index contributed by atoms with van der Waals surface area (Å²) in [7, 11) is 0. The van der Waals surface area contributed by atoms with Gasteiger partial charge < -0.3 is 10.2 Å². The number of carbonyl (C=O) groups excluding carboxylic acids is 2. The summed E-state index contributed by atoms with van der Waals surface area (Å²) in [6.07, 6.45) is 0. The molecule has 0 aromatic heterocycles. The molecule has 0 aliphatic rings. The summed E-state index contributed by atoms with van der Waals surface area (Å²) < 4.78 is 0. The third-order valence-corrected chi connectivity index (χ3v) is 3.24. The highest BCUT2D eigenvalue weighted by Crippen LogP contribution is 2.27. The Morgan fingerprint density at radius 3 is 2.48 bits per heavy atom. The first-order valence-electron chi connectivity index (χ1n) is 6.41. The number of nitrogens with one attached hydrogen (secondary N) is 1. The van der Waals surface area contributed by atoms with Crippen molar-refractivity contribution in [1.29, 1.82) is 0 Å². The minimum absolute atomic E-state index is 0.122. The molecule has 1 rings (SSSR count). The van der Waals surface area contributed by atoms with Crippen LogP contribution in [0.25, 0.3) is 0 Å². The minimum Gasteiger partial charge on any atom is -0.343 e. The number of rotatable bonds is 6.